The van der Waals surface area contributed by atoms with E-state index >= 15 is 0 Å². The molecule has 0 bridgehead atoms. The zero-order valence-electron chi connectivity index (χ0n) is 24.8. The molecule has 4 N–H and O–H groups in total. The first-order valence-electron chi connectivity index (χ1n) is 14.5. The summed E-state index contributed by atoms with van der Waals surface area (Å²) >= 11 is 1.54. The van der Waals surface area contributed by atoms with Gasteiger partial charge >= 0.3 is 5.97 Å². The van der Waals surface area contributed by atoms with Crippen molar-refractivity contribution in [1.82, 2.24) is 20.9 Å². The Morgan fingerprint density at radius 1 is 0.929 bits per heavy atom. The third-order valence-corrected chi connectivity index (χ3v) is 8.12. The van der Waals surface area contributed by atoms with Gasteiger partial charge in [0.2, 0.25) is 11.8 Å². The number of nitrogens with zero attached hydrogens (tertiary/aromatic N) is 1. The normalized spacial score (nSPS) is 13.4. The van der Waals surface area contributed by atoms with Gasteiger partial charge in [-0.1, -0.05) is 93.1 Å². The number of carbonyl (C=O) groups is 3. The molecular weight excluding hydrogens is 548 g/mol. The summed E-state index contributed by atoms with van der Waals surface area (Å²) in [7, 11) is 0. The van der Waals surface area contributed by atoms with Crippen molar-refractivity contribution >= 4 is 40.3 Å². The molecule has 226 valence electrons. The van der Waals surface area contributed by atoms with Crippen LogP contribution in [0.2, 0.25) is 0 Å². The number of rotatable bonds is 18. The van der Waals surface area contributed by atoms with Crippen molar-refractivity contribution in [3.8, 4) is 0 Å². The lowest BCUT2D eigenvalue weighted by molar-refractivity contribution is -0.142. The van der Waals surface area contributed by atoms with E-state index < -0.39 is 12.0 Å². The zero-order chi connectivity index (χ0) is 30.3. The Kier molecular flexibility index (Phi) is 13.8. The van der Waals surface area contributed by atoms with Crippen molar-refractivity contribution in [3.05, 3.63) is 83.9 Å². The number of fused-ring (bicyclic) bond motifs is 1. The van der Waals surface area contributed by atoms with Crippen LogP contribution in [0.4, 0.5) is 0 Å². The highest BCUT2D eigenvalue weighted by molar-refractivity contribution is 7.98. The third-order valence-electron chi connectivity index (χ3n) is 7.47. The van der Waals surface area contributed by atoms with Crippen molar-refractivity contribution < 1.29 is 19.5 Å². The summed E-state index contributed by atoms with van der Waals surface area (Å²) in [5, 5.41) is 21.0. The highest BCUT2D eigenvalue weighted by Gasteiger charge is 2.25. The Labute approximate surface area is 253 Å². The minimum absolute atomic E-state index is 0.0152. The number of hydrogen-bond acceptors (Lipinski definition) is 6. The number of carbonyl (C=O) groups excluding carboxylic acids is 2. The molecule has 3 aromatic rings. The lowest BCUT2D eigenvalue weighted by Gasteiger charge is -2.31. The van der Waals surface area contributed by atoms with Gasteiger partial charge in [0.25, 0.3) is 0 Å². The number of thioether (sulfide) groups is 1. The van der Waals surface area contributed by atoms with Gasteiger partial charge < -0.3 is 21.1 Å². The van der Waals surface area contributed by atoms with Crippen LogP contribution < -0.4 is 16.0 Å². The smallest absolute Gasteiger partial charge is 0.326 e. The van der Waals surface area contributed by atoms with E-state index in [2.05, 4.69) is 54.1 Å². The topological polar surface area (TPSA) is 111 Å². The fraction of sp³-hybridized carbons (Fsp3) is 0.424. The molecule has 0 saturated heterocycles. The minimum Gasteiger partial charge on any atom is -0.480 e. The van der Waals surface area contributed by atoms with Crippen molar-refractivity contribution in [2.45, 2.75) is 51.9 Å². The van der Waals surface area contributed by atoms with E-state index in [1.165, 1.54) is 0 Å². The molecule has 0 heterocycles. The summed E-state index contributed by atoms with van der Waals surface area (Å²) in [6.07, 6.45) is 3.12. The lowest BCUT2D eigenvalue weighted by Crippen LogP contribution is -2.52. The SMILES string of the molecule is CC[C@H](C)[C@@H](CN(CC(=O)N[C@@H](CCSC)C(=O)O)Cc1cccc2ccccc12)NC(=O)CNCc1ccccc1. The van der Waals surface area contributed by atoms with Gasteiger partial charge in [-0.05, 0) is 46.2 Å². The summed E-state index contributed by atoms with van der Waals surface area (Å²) in [4.78, 5) is 40.0. The van der Waals surface area contributed by atoms with Crippen molar-refractivity contribution in [1.29, 1.82) is 0 Å². The van der Waals surface area contributed by atoms with Gasteiger partial charge in [-0.2, -0.15) is 11.8 Å². The highest BCUT2D eigenvalue weighted by atomic mass is 32.2. The minimum atomic E-state index is -1.04. The predicted molar refractivity (Wildman–Crippen MR) is 171 cm³/mol. The molecule has 0 aromatic heterocycles. The molecule has 8 nitrogen and oxygen atoms in total. The molecule has 0 aliphatic heterocycles. The van der Waals surface area contributed by atoms with E-state index in [1.54, 1.807) is 11.8 Å². The molecule has 0 radical (unpaired) electrons. The summed E-state index contributed by atoms with van der Waals surface area (Å²) in [6, 6.07) is 23.0. The molecule has 0 saturated carbocycles. The molecule has 0 unspecified atom stereocenters. The number of carboxylic acids is 1. The van der Waals surface area contributed by atoms with E-state index in [9.17, 15) is 19.5 Å². The zero-order valence-corrected chi connectivity index (χ0v) is 25.7. The lowest BCUT2D eigenvalue weighted by atomic mass is 9.97. The van der Waals surface area contributed by atoms with Crippen LogP contribution >= 0.6 is 11.8 Å². The Balaban J connectivity index is 1.75. The Morgan fingerprint density at radius 3 is 2.36 bits per heavy atom. The molecule has 2 amide bonds. The van der Waals surface area contributed by atoms with Gasteiger partial charge in [0.15, 0.2) is 0 Å². The number of benzene rings is 3. The number of amides is 2. The van der Waals surface area contributed by atoms with Gasteiger partial charge in [0.05, 0.1) is 13.1 Å². The maximum atomic E-state index is 13.2. The monoisotopic (exact) mass is 592 g/mol. The van der Waals surface area contributed by atoms with Gasteiger partial charge in [-0.25, -0.2) is 4.79 Å². The number of nitrogens with one attached hydrogen (secondary N) is 3. The van der Waals surface area contributed by atoms with Crippen molar-refractivity contribution in [3.63, 3.8) is 0 Å². The number of hydrogen-bond donors (Lipinski definition) is 4. The summed E-state index contributed by atoms with van der Waals surface area (Å²) < 4.78 is 0. The molecule has 3 rings (SSSR count). The van der Waals surface area contributed by atoms with Crippen molar-refractivity contribution in [2.75, 3.05) is 31.6 Å². The molecule has 0 aliphatic carbocycles. The summed E-state index contributed by atoms with van der Waals surface area (Å²) in [5.41, 5.74) is 2.17. The second kappa shape index (κ2) is 17.5. The quantitative estimate of drug-likeness (QED) is 0.175. The highest BCUT2D eigenvalue weighted by Crippen LogP contribution is 2.21. The fourth-order valence-corrected chi connectivity index (χ4v) is 5.37. The molecule has 0 aliphatic rings. The van der Waals surface area contributed by atoms with E-state index in [-0.39, 0.29) is 36.9 Å². The second-order valence-electron chi connectivity index (χ2n) is 10.7. The van der Waals surface area contributed by atoms with Crippen LogP contribution in [0.3, 0.4) is 0 Å². The van der Waals surface area contributed by atoms with Crippen LogP contribution in [-0.2, 0) is 27.5 Å². The van der Waals surface area contributed by atoms with Gasteiger partial charge in [-0.3, -0.25) is 14.5 Å². The first kappa shape index (κ1) is 33.1. The Morgan fingerprint density at radius 2 is 1.64 bits per heavy atom. The third kappa shape index (κ3) is 10.8. The molecule has 3 atom stereocenters. The van der Waals surface area contributed by atoms with Crippen LogP contribution in [-0.4, -0.2) is 71.5 Å². The number of aliphatic carboxylic acids is 1. The average molecular weight is 593 g/mol. The second-order valence-corrected chi connectivity index (χ2v) is 11.7. The maximum absolute atomic E-state index is 13.2. The molecule has 42 heavy (non-hydrogen) atoms. The molecule has 9 heteroatoms. The summed E-state index contributed by atoms with van der Waals surface area (Å²) in [5.74, 6) is -0.686. The maximum Gasteiger partial charge on any atom is 0.326 e. The first-order valence-corrected chi connectivity index (χ1v) is 15.9. The van der Waals surface area contributed by atoms with E-state index in [0.717, 1.165) is 28.3 Å². The average Bonchev–Trinajstić information content (AvgIpc) is 2.99. The van der Waals surface area contributed by atoms with E-state index in [1.807, 2.05) is 59.7 Å². The molecule has 3 aromatic carbocycles. The molecule has 0 spiro atoms. The number of carboxylic acid groups (broad SMARTS) is 1. The fourth-order valence-electron chi connectivity index (χ4n) is 4.90. The summed E-state index contributed by atoms with van der Waals surface area (Å²) in [6.45, 7) is 5.90. The van der Waals surface area contributed by atoms with Gasteiger partial charge in [-0.15, -0.1) is 0 Å². The van der Waals surface area contributed by atoms with Crippen LogP contribution in [0.25, 0.3) is 10.8 Å². The molecule has 0 fully saturated rings. The Bertz CT molecular complexity index is 1280. The van der Waals surface area contributed by atoms with Gasteiger partial charge in [0, 0.05) is 25.7 Å². The van der Waals surface area contributed by atoms with Crippen LogP contribution in [0.15, 0.2) is 72.8 Å². The van der Waals surface area contributed by atoms with Crippen molar-refractivity contribution in [2.24, 2.45) is 5.92 Å². The predicted octanol–water partition coefficient (Wildman–Crippen LogP) is 4.29. The standard InChI is InChI=1S/C33H44N4O4S/c1-4-24(2)30(36-31(38)20-34-19-25-11-6-5-7-12-25)22-37(23-32(39)35-29(33(40)41)17-18-42-3)21-27-15-10-14-26-13-8-9-16-28(26)27/h5-16,24,29-30,34H,4,17-23H2,1-3H3,(H,35,39)(H,36,38)(H,40,41)/t24-,29-,30+/m0/s1. The van der Waals surface area contributed by atoms with Crippen LogP contribution in [0.5, 0.6) is 0 Å². The van der Waals surface area contributed by atoms with E-state index in [4.69, 9.17) is 0 Å². The first-order chi connectivity index (χ1) is 20.3. The van der Waals surface area contributed by atoms with Crippen LogP contribution in [0, 0.1) is 5.92 Å². The van der Waals surface area contributed by atoms with Crippen LogP contribution in [0.1, 0.15) is 37.8 Å². The Hall–Kier alpha value is -3.40. The van der Waals surface area contributed by atoms with E-state index in [0.29, 0.717) is 31.8 Å². The largest absolute Gasteiger partial charge is 0.480 e. The molecular formula is C33H44N4O4S. The van der Waals surface area contributed by atoms with Gasteiger partial charge in [0.1, 0.15) is 6.04 Å².